The van der Waals surface area contributed by atoms with E-state index in [1.54, 1.807) is 0 Å². The molecule has 8 nitrogen and oxygen atoms in total. The van der Waals surface area contributed by atoms with Crippen LogP contribution in [0.1, 0.15) is 26.2 Å². The van der Waals surface area contributed by atoms with E-state index in [0.29, 0.717) is 26.2 Å². The monoisotopic (exact) mass is 299 g/mol. The van der Waals surface area contributed by atoms with Gasteiger partial charge >= 0.3 is 12.0 Å². The van der Waals surface area contributed by atoms with Crippen molar-refractivity contribution >= 4 is 17.9 Å². The van der Waals surface area contributed by atoms with Gasteiger partial charge in [0.1, 0.15) is 6.04 Å². The second-order valence-electron chi connectivity index (χ2n) is 5.66. The van der Waals surface area contributed by atoms with Crippen LogP contribution in [0.2, 0.25) is 0 Å². The zero-order valence-electron chi connectivity index (χ0n) is 12.1. The van der Waals surface area contributed by atoms with Crippen LogP contribution in [-0.2, 0) is 14.3 Å². The number of carbonyl (C=O) groups excluding carboxylic acids is 2. The summed E-state index contributed by atoms with van der Waals surface area (Å²) in [6.07, 6.45) is 1.43. The van der Waals surface area contributed by atoms with Gasteiger partial charge in [0.2, 0.25) is 5.91 Å². The number of hydrogen-bond acceptors (Lipinski definition) is 4. The molecule has 2 aliphatic heterocycles. The number of nitrogens with one attached hydrogen (secondary N) is 2. The molecule has 0 saturated carbocycles. The van der Waals surface area contributed by atoms with E-state index in [1.165, 1.54) is 4.90 Å². The van der Waals surface area contributed by atoms with Crippen LogP contribution in [0.4, 0.5) is 4.79 Å². The van der Waals surface area contributed by atoms with E-state index < -0.39 is 30.4 Å². The summed E-state index contributed by atoms with van der Waals surface area (Å²) in [5.41, 5.74) is -0.379. The van der Waals surface area contributed by atoms with E-state index in [4.69, 9.17) is 9.84 Å². The van der Waals surface area contributed by atoms with Crippen LogP contribution in [0.25, 0.3) is 0 Å². The van der Waals surface area contributed by atoms with E-state index in [0.717, 1.165) is 12.8 Å². The average Bonchev–Trinajstić information content (AvgIpc) is 2.85. The SMILES string of the molecule is CC1(CNC(=O)N2CCNC(=O)C2CC(=O)O)CCCO1. The van der Waals surface area contributed by atoms with Crippen LogP contribution in [0.15, 0.2) is 0 Å². The largest absolute Gasteiger partial charge is 0.481 e. The molecule has 118 valence electrons. The van der Waals surface area contributed by atoms with Crippen LogP contribution in [0.5, 0.6) is 0 Å². The molecule has 0 radical (unpaired) electrons. The highest BCUT2D eigenvalue weighted by Crippen LogP contribution is 2.24. The normalized spacial score (nSPS) is 29.1. The minimum absolute atomic E-state index is 0.299. The molecule has 8 heteroatoms. The summed E-state index contributed by atoms with van der Waals surface area (Å²) in [7, 11) is 0. The van der Waals surface area contributed by atoms with Gasteiger partial charge in [0.15, 0.2) is 0 Å². The summed E-state index contributed by atoms with van der Waals surface area (Å²) in [6.45, 7) is 3.59. The maximum atomic E-state index is 12.2. The second kappa shape index (κ2) is 6.30. The van der Waals surface area contributed by atoms with Gasteiger partial charge in [0, 0.05) is 26.2 Å². The molecular weight excluding hydrogens is 278 g/mol. The van der Waals surface area contributed by atoms with Crippen molar-refractivity contribution in [1.82, 2.24) is 15.5 Å². The number of amides is 3. The number of rotatable bonds is 4. The predicted octanol–water partition coefficient (Wildman–Crippen LogP) is -0.460. The third kappa shape index (κ3) is 3.84. The third-order valence-electron chi connectivity index (χ3n) is 3.87. The van der Waals surface area contributed by atoms with E-state index in [9.17, 15) is 14.4 Å². The van der Waals surface area contributed by atoms with Gasteiger partial charge in [-0.1, -0.05) is 0 Å². The van der Waals surface area contributed by atoms with Gasteiger partial charge in [-0.05, 0) is 19.8 Å². The molecule has 3 amide bonds. The van der Waals surface area contributed by atoms with Crippen molar-refractivity contribution in [1.29, 1.82) is 0 Å². The van der Waals surface area contributed by atoms with Crippen molar-refractivity contribution in [3.05, 3.63) is 0 Å². The Hall–Kier alpha value is -1.83. The summed E-state index contributed by atoms with van der Waals surface area (Å²) < 4.78 is 5.58. The average molecular weight is 299 g/mol. The van der Waals surface area contributed by atoms with Crippen molar-refractivity contribution in [3.8, 4) is 0 Å². The Bertz CT molecular complexity index is 434. The Morgan fingerprint density at radius 2 is 2.33 bits per heavy atom. The minimum Gasteiger partial charge on any atom is -0.481 e. The maximum absolute atomic E-state index is 12.2. The summed E-state index contributed by atoms with van der Waals surface area (Å²) in [5.74, 6) is -1.54. The molecule has 2 unspecified atom stereocenters. The molecule has 2 atom stereocenters. The van der Waals surface area contributed by atoms with Gasteiger partial charge in [-0.15, -0.1) is 0 Å². The van der Waals surface area contributed by atoms with E-state index in [-0.39, 0.29) is 5.60 Å². The molecule has 2 heterocycles. The van der Waals surface area contributed by atoms with Crippen LogP contribution in [0.3, 0.4) is 0 Å². The van der Waals surface area contributed by atoms with E-state index in [1.807, 2.05) is 6.92 Å². The lowest BCUT2D eigenvalue weighted by Gasteiger charge is -2.35. The number of piperazine rings is 1. The first-order valence-electron chi connectivity index (χ1n) is 7.09. The molecular formula is C13H21N3O5. The fourth-order valence-corrected chi connectivity index (χ4v) is 2.67. The van der Waals surface area contributed by atoms with Crippen molar-refractivity contribution in [2.45, 2.75) is 37.8 Å². The first-order valence-corrected chi connectivity index (χ1v) is 7.09. The zero-order valence-corrected chi connectivity index (χ0v) is 12.1. The quantitative estimate of drug-likeness (QED) is 0.651. The first-order chi connectivity index (χ1) is 9.91. The molecule has 0 aromatic carbocycles. The molecule has 21 heavy (non-hydrogen) atoms. The molecule has 2 fully saturated rings. The maximum Gasteiger partial charge on any atom is 0.318 e. The topological polar surface area (TPSA) is 108 Å². The Kier molecular flexibility index (Phi) is 4.66. The number of carboxylic acid groups (broad SMARTS) is 1. The fourth-order valence-electron chi connectivity index (χ4n) is 2.67. The molecule has 0 bridgehead atoms. The van der Waals surface area contributed by atoms with Crippen LogP contribution in [0, 0.1) is 0 Å². The highest BCUT2D eigenvalue weighted by atomic mass is 16.5. The molecule has 2 saturated heterocycles. The Labute approximate surface area is 122 Å². The van der Waals surface area contributed by atoms with E-state index in [2.05, 4.69) is 10.6 Å². The van der Waals surface area contributed by atoms with Crippen molar-refractivity contribution in [2.24, 2.45) is 0 Å². The lowest BCUT2D eigenvalue weighted by Crippen LogP contribution is -2.60. The number of carbonyl (C=O) groups is 3. The van der Waals surface area contributed by atoms with Crippen molar-refractivity contribution in [3.63, 3.8) is 0 Å². The number of carboxylic acids is 1. The van der Waals surface area contributed by atoms with Gasteiger partial charge < -0.3 is 25.4 Å². The second-order valence-corrected chi connectivity index (χ2v) is 5.66. The third-order valence-corrected chi connectivity index (χ3v) is 3.87. The fraction of sp³-hybridized carbons (Fsp3) is 0.769. The number of hydrogen-bond donors (Lipinski definition) is 3. The number of nitrogens with zero attached hydrogens (tertiary/aromatic N) is 1. The molecule has 2 rings (SSSR count). The summed E-state index contributed by atoms with van der Waals surface area (Å²) in [4.78, 5) is 36.1. The molecule has 0 aromatic rings. The Morgan fingerprint density at radius 3 is 2.95 bits per heavy atom. The van der Waals surface area contributed by atoms with Gasteiger partial charge in [-0.2, -0.15) is 0 Å². The lowest BCUT2D eigenvalue weighted by atomic mass is 10.0. The molecule has 0 aromatic heterocycles. The lowest BCUT2D eigenvalue weighted by molar-refractivity contribution is -0.142. The smallest absolute Gasteiger partial charge is 0.318 e. The predicted molar refractivity (Wildman–Crippen MR) is 72.7 cm³/mol. The van der Waals surface area contributed by atoms with Gasteiger partial charge in [-0.25, -0.2) is 4.79 Å². The van der Waals surface area contributed by atoms with Crippen LogP contribution >= 0.6 is 0 Å². The molecule has 0 aliphatic carbocycles. The van der Waals surface area contributed by atoms with Crippen molar-refractivity contribution < 1.29 is 24.2 Å². The minimum atomic E-state index is -1.11. The van der Waals surface area contributed by atoms with Crippen LogP contribution < -0.4 is 10.6 Å². The van der Waals surface area contributed by atoms with Crippen molar-refractivity contribution in [2.75, 3.05) is 26.2 Å². The Balaban J connectivity index is 1.95. The standard InChI is InChI=1S/C13H21N3O5/c1-13(3-2-6-21-13)8-15-12(20)16-5-4-14-11(19)9(16)7-10(17)18/h9H,2-8H2,1H3,(H,14,19)(H,15,20)(H,17,18). The summed E-state index contributed by atoms with van der Waals surface area (Å²) in [5, 5.41) is 14.2. The highest BCUT2D eigenvalue weighted by molar-refractivity contribution is 5.91. The van der Waals surface area contributed by atoms with Gasteiger partial charge in [0.05, 0.1) is 12.0 Å². The first kappa shape index (κ1) is 15.6. The number of aliphatic carboxylic acids is 1. The van der Waals surface area contributed by atoms with Gasteiger partial charge in [0.25, 0.3) is 0 Å². The zero-order chi connectivity index (χ0) is 15.5. The van der Waals surface area contributed by atoms with Crippen LogP contribution in [-0.4, -0.2) is 65.8 Å². The Morgan fingerprint density at radius 1 is 1.57 bits per heavy atom. The molecule has 0 spiro atoms. The highest BCUT2D eigenvalue weighted by Gasteiger charge is 2.36. The molecule has 3 N–H and O–H groups in total. The molecule has 2 aliphatic rings. The summed E-state index contributed by atoms with van der Waals surface area (Å²) >= 11 is 0. The van der Waals surface area contributed by atoms with E-state index >= 15 is 0 Å². The summed E-state index contributed by atoms with van der Waals surface area (Å²) in [6, 6.07) is -1.39. The van der Waals surface area contributed by atoms with Gasteiger partial charge in [-0.3, -0.25) is 9.59 Å². The number of urea groups is 1. The number of ether oxygens (including phenoxy) is 1.